The van der Waals surface area contributed by atoms with Crippen LogP contribution in [0.5, 0.6) is 11.5 Å². The van der Waals surface area contributed by atoms with Crippen molar-refractivity contribution in [2.75, 3.05) is 32.8 Å². The number of benzene rings is 3. The molecular weight excluding hydrogens is 624 g/mol. The average Bonchev–Trinajstić information content (AvgIpc) is 3.58. The number of amides is 1. The van der Waals surface area contributed by atoms with Gasteiger partial charge in [0, 0.05) is 24.5 Å². The summed E-state index contributed by atoms with van der Waals surface area (Å²) >= 11 is 0. The number of furan rings is 1. The van der Waals surface area contributed by atoms with E-state index in [0.717, 1.165) is 30.8 Å². The van der Waals surface area contributed by atoms with E-state index in [1.54, 1.807) is 12.1 Å². The van der Waals surface area contributed by atoms with Crippen molar-refractivity contribution in [3.63, 3.8) is 0 Å². The molecule has 1 aliphatic rings. The predicted molar refractivity (Wildman–Crippen MR) is 185 cm³/mol. The second-order valence-electron chi connectivity index (χ2n) is 12.2. The summed E-state index contributed by atoms with van der Waals surface area (Å²) in [5, 5.41) is 27.7. The van der Waals surface area contributed by atoms with Crippen LogP contribution < -0.4 is 20.9 Å². The molecule has 3 heterocycles. The van der Waals surface area contributed by atoms with Crippen molar-refractivity contribution < 1.29 is 28.9 Å². The second-order valence-corrected chi connectivity index (χ2v) is 12.2. The first kappa shape index (κ1) is 33.8. The molecule has 0 saturated carbocycles. The Morgan fingerprint density at radius 1 is 0.918 bits per heavy atom. The molecule has 1 amide bonds. The third-order valence-electron chi connectivity index (χ3n) is 8.68. The average molecular weight is 667 g/mol. The minimum atomic E-state index is -0.880. The summed E-state index contributed by atoms with van der Waals surface area (Å²) in [6.07, 6.45) is 2.30. The number of aromatic hydroxyl groups is 1. The molecule has 0 spiro atoms. The Hall–Kier alpha value is -5.10. The zero-order valence-corrected chi connectivity index (χ0v) is 27.3. The second kappa shape index (κ2) is 16.3. The number of hydrogen-bond acceptors (Lipinski definition) is 9. The number of likely N-dealkylation sites (tertiary alicyclic amines) is 1. The van der Waals surface area contributed by atoms with Gasteiger partial charge in [0.1, 0.15) is 36.2 Å². The number of carbonyl (C=O) groups excluding carboxylic acids is 1. The number of rotatable bonds is 14. The predicted octanol–water partition coefficient (Wildman–Crippen LogP) is 5.53. The molecule has 0 radical (unpaired) electrons. The molecule has 5 N–H and O–H groups in total. The number of hydrogen-bond donors (Lipinski definition) is 5. The van der Waals surface area contributed by atoms with E-state index in [-0.39, 0.29) is 30.0 Å². The van der Waals surface area contributed by atoms with Crippen molar-refractivity contribution in [3.8, 4) is 11.5 Å². The summed E-state index contributed by atoms with van der Waals surface area (Å²) in [5.74, 6) is 1.87. The standard InChI is InChI=1S/C38H42N4O7/c43-33-16-14-31(32-15-17-35(45)40-37(32)33)34(44)24-39-23-29-12-13-30(49-29)25-48-28-11-7-10-27(22-28)36(26-8-3-1-4-9-26)41-38(46)47-21-20-42-18-5-2-6-19-42/h1,3-4,7-17,22,34,36,39,43-44H,2,5-6,18-21,23-25H2,(H,40,45)(H,41,46). The SMILES string of the molecule is O=C(NC(c1ccccc1)c1cccc(OCc2ccc(CNCC(O)c3ccc(O)c4[nH]c(=O)ccc34)o2)c1)OCCN1CCCCC1. The first-order valence-corrected chi connectivity index (χ1v) is 16.7. The van der Waals surface area contributed by atoms with Gasteiger partial charge in [-0.1, -0.05) is 55.0 Å². The number of ether oxygens (including phenoxy) is 2. The van der Waals surface area contributed by atoms with E-state index < -0.39 is 18.2 Å². The Kier molecular flexibility index (Phi) is 11.3. The number of alkyl carbamates (subject to hydrolysis) is 1. The Bertz CT molecular complexity index is 1880. The first-order valence-electron chi connectivity index (χ1n) is 16.7. The van der Waals surface area contributed by atoms with Gasteiger partial charge in [0.05, 0.1) is 24.2 Å². The lowest BCUT2D eigenvalue weighted by Gasteiger charge is -2.26. The molecule has 256 valence electrons. The van der Waals surface area contributed by atoms with E-state index in [0.29, 0.717) is 41.4 Å². The van der Waals surface area contributed by atoms with Gasteiger partial charge in [-0.25, -0.2) is 4.79 Å². The Balaban J connectivity index is 1.02. The number of nitrogens with one attached hydrogen (secondary N) is 3. The van der Waals surface area contributed by atoms with Gasteiger partial charge in [-0.05, 0) is 79.0 Å². The van der Waals surface area contributed by atoms with Crippen LogP contribution in [-0.2, 0) is 17.9 Å². The number of phenolic OH excluding ortho intramolecular Hbond substituents is 1. The Labute approximate surface area is 284 Å². The zero-order valence-electron chi connectivity index (χ0n) is 27.3. The normalized spacial score (nSPS) is 14.7. The van der Waals surface area contributed by atoms with E-state index in [2.05, 4.69) is 20.5 Å². The van der Waals surface area contributed by atoms with Gasteiger partial charge < -0.3 is 39.7 Å². The van der Waals surface area contributed by atoms with Gasteiger partial charge in [0.25, 0.3) is 0 Å². The highest BCUT2D eigenvalue weighted by molar-refractivity contribution is 5.87. The minimum Gasteiger partial charge on any atom is -0.506 e. The quantitative estimate of drug-likeness (QED) is 0.103. The van der Waals surface area contributed by atoms with Gasteiger partial charge >= 0.3 is 6.09 Å². The van der Waals surface area contributed by atoms with E-state index in [4.69, 9.17) is 13.9 Å². The number of aliphatic hydroxyl groups excluding tert-OH is 1. The fourth-order valence-corrected chi connectivity index (χ4v) is 6.14. The highest BCUT2D eigenvalue weighted by Gasteiger charge is 2.19. The minimum absolute atomic E-state index is 0.0556. The molecule has 1 saturated heterocycles. The van der Waals surface area contributed by atoms with Gasteiger partial charge in [-0.3, -0.25) is 9.69 Å². The number of nitrogens with zero attached hydrogens (tertiary/aromatic N) is 1. The smallest absolute Gasteiger partial charge is 0.407 e. The Morgan fingerprint density at radius 2 is 1.71 bits per heavy atom. The fraction of sp³-hybridized carbons (Fsp3) is 0.316. The molecule has 2 unspecified atom stereocenters. The molecule has 0 aliphatic carbocycles. The highest BCUT2D eigenvalue weighted by atomic mass is 16.5. The van der Waals surface area contributed by atoms with Crippen LogP contribution in [0.1, 0.15) is 59.6 Å². The third kappa shape index (κ3) is 9.08. The van der Waals surface area contributed by atoms with Crippen LogP contribution in [0.15, 0.2) is 100 Å². The summed E-state index contributed by atoms with van der Waals surface area (Å²) in [6, 6.07) is 26.7. The molecule has 0 bridgehead atoms. The number of fused-ring (bicyclic) bond motifs is 1. The van der Waals surface area contributed by atoms with Crippen LogP contribution in [-0.4, -0.2) is 59.0 Å². The number of carbonyl (C=O) groups is 1. The molecule has 3 aromatic carbocycles. The monoisotopic (exact) mass is 666 g/mol. The van der Waals surface area contributed by atoms with Crippen LogP contribution in [0.4, 0.5) is 4.79 Å². The van der Waals surface area contributed by atoms with E-state index in [1.807, 2.05) is 66.7 Å². The van der Waals surface area contributed by atoms with Gasteiger partial charge in [-0.2, -0.15) is 0 Å². The zero-order chi connectivity index (χ0) is 34.0. The molecule has 11 heteroatoms. The fourth-order valence-electron chi connectivity index (χ4n) is 6.14. The van der Waals surface area contributed by atoms with E-state index in [1.165, 1.54) is 31.4 Å². The van der Waals surface area contributed by atoms with Crippen LogP contribution in [0.3, 0.4) is 0 Å². The summed E-state index contributed by atoms with van der Waals surface area (Å²) in [4.78, 5) is 29.5. The molecule has 1 fully saturated rings. The van der Waals surface area contributed by atoms with Gasteiger partial charge in [-0.15, -0.1) is 0 Å². The summed E-state index contributed by atoms with van der Waals surface area (Å²) in [7, 11) is 0. The summed E-state index contributed by atoms with van der Waals surface area (Å²) < 4.78 is 17.6. The van der Waals surface area contributed by atoms with Crippen LogP contribution in [0.25, 0.3) is 10.9 Å². The molecule has 2 aromatic heterocycles. The lowest BCUT2D eigenvalue weighted by molar-refractivity contribution is 0.119. The van der Waals surface area contributed by atoms with Crippen molar-refractivity contribution in [1.29, 1.82) is 0 Å². The maximum absolute atomic E-state index is 12.9. The van der Waals surface area contributed by atoms with Crippen molar-refractivity contribution >= 4 is 17.0 Å². The van der Waals surface area contributed by atoms with Crippen molar-refractivity contribution in [2.24, 2.45) is 0 Å². The lowest BCUT2D eigenvalue weighted by Crippen LogP contribution is -2.35. The molecule has 6 rings (SSSR count). The van der Waals surface area contributed by atoms with Gasteiger partial charge in [0.15, 0.2) is 0 Å². The molecule has 11 nitrogen and oxygen atoms in total. The van der Waals surface area contributed by atoms with Gasteiger partial charge in [0.2, 0.25) is 5.56 Å². The number of pyridine rings is 1. The molecular formula is C38H42N4O7. The summed E-state index contributed by atoms with van der Waals surface area (Å²) in [5.41, 5.74) is 2.32. The number of aliphatic hydroxyl groups is 1. The first-order chi connectivity index (χ1) is 23.9. The lowest BCUT2D eigenvalue weighted by atomic mass is 9.98. The van der Waals surface area contributed by atoms with E-state index in [9.17, 15) is 19.8 Å². The number of phenols is 1. The number of aromatic amines is 1. The molecule has 1 aliphatic heterocycles. The van der Waals surface area contributed by atoms with Crippen LogP contribution in [0.2, 0.25) is 0 Å². The molecule has 49 heavy (non-hydrogen) atoms. The topological polar surface area (TPSA) is 149 Å². The van der Waals surface area contributed by atoms with Crippen LogP contribution in [0, 0.1) is 0 Å². The number of aromatic nitrogens is 1. The third-order valence-corrected chi connectivity index (χ3v) is 8.68. The molecule has 2 atom stereocenters. The van der Waals surface area contributed by atoms with Crippen molar-refractivity contribution in [1.82, 2.24) is 20.5 Å². The summed E-state index contributed by atoms with van der Waals surface area (Å²) in [6.45, 7) is 3.98. The maximum atomic E-state index is 12.9. The van der Waals surface area contributed by atoms with Crippen molar-refractivity contribution in [3.05, 3.63) is 130 Å². The number of piperidine rings is 1. The maximum Gasteiger partial charge on any atom is 0.407 e. The number of H-pyrrole nitrogens is 1. The highest BCUT2D eigenvalue weighted by Crippen LogP contribution is 2.29. The van der Waals surface area contributed by atoms with Crippen LogP contribution >= 0.6 is 0 Å². The largest absolute Gasteiger partial charge is 0.506 e. The Morgan fingerprint density at radius 3 is 2.55 bits per heavy atom. The van der Waals surface area contributed by atoms with Crippen molar-refractivity contribution in [2.45, 2.75) is 44.6 Å². The molecule has 5 aromatic rings. The van der Waals surface area contributed by atoms with E-state index >= 15 is 0 Å².